The second-order valence-corrected chi connectivity index (χ2v) is 11.4. The minimum Gasteiger partial charge on any atom is -0.396 e. The van der Waals surface area contributed by atoms with Crippen molar-refractivity contribution in [1.82, 2.24) is 0 Å². The molecule has 0 radical (unpaired) electrons. The SMILES string of the molecule is CN(C)c1ccc([C@@H]2CC(=O)C=C3CC[C@@H]4C(=C32)CC[C@]2(C)[C@H]4CC[C@]2(O)CCCO)cc1. The second-order valence-electron chi connectivity index (χ2n) is 11.4. The smallest absolute Gasteiger partial charge is 0.156 e. The van der Waals surface area contributed by atoms with Crippen LogP contribution in [0.4, 0.5) is 5.69 Å². The molecule has 0 aliphatic heterocycles. The third-order valence-corrected chi connectivity index (χ3v) is 9.66. The molecule has 33 heavy (non-hydrogen) atoms. The highest BCUT2D eigenvalue weighted by Gasteiger charge is 2.60. The molecule has 178 valence electrons. The molecule has 4 aliphatic carbocycles. The van der Waals surface area contributed by atoms with Crippen molar-refractivity contribution < 1.29 is 15.0 Å². The molecule has 0 bridgehead atoms. The summed E-state index contributed by atoms with van der Waals surface area (Å²) < 4.78 is 0. The van der Waals surface area contributed by atoms with Crippen LogP contribution in [0.25, 0.3) is 0 Å². The molecular formula is C29H39NO3. The fraction of sp³-hybridized carbons (Fsp3) is 0.621. The van der Waals surface area contributed by atoms with E-state index in [4.69, 9.17) is 0 Å². The zero-order valence-corrected chi connectivity index (χ0v) is 20.4. The van der Waals surface area contributed by atoms with Crippen molar-refractivity contribution in [3.05, 3.63) is 52.6 Å². The first kappa shape index (κ1) is 22.9. The van der Waals surface area contributed by atoms with E-state index in [1.54, 1.807) is 5.57 Å². The van der Waals surface area contributed by atoms with E-state index in [0.29, 0.717) is 31.1 Å². The van der Waals surface area contributed by atoms with Crippen molar-refractivity contribution in [2.24, 2.45) is 17.3 Å². The zero-order chi connectivity index (χ0) is 23.4. The van der Waals surface area contributed by atoms with Gasteiger partial charge in [-0.25, -0.2) is 0 Å². The van der Waals surface area contributed by atoms with Gasteiger partial charge in [-0.1, -0.05) is 24.6 Å². The molecule has 2 saturated carbocycles. The van der Waals surface area contributed by atoms with Crippen LogP contribution in [0, 0.1) is 17.3 Å². The van der Waals surface area contributed by atoms with Gasteiger partial charge in [-0.3, -0.25) is 4.79 Å². The topological polar surface area (TPSA) is 60.8 Å². The predicted molar refractivity (Wildman–Crippen MR) is 132 cm³/mol. The Labute approximate surface area is 198 Å². The maximum atomic E-state index is 12.7. The van der Waals surface area contributed by atoms with Gasteiger partial charge in [0.2, 0.25) is 0 Å². The molecule has 2 fully saturated rings. The fourth-order valence-corrected chi connectivity index (χ4v) is 7.82. The lowest BCUT2D eigenvalue weighted by Crippen LogP contribution is -2.50. The van der Waals surface area contributed by atoms with Crippen LogP contribution in [0.1, 0.15) is 76.2 Å². The molecule has 5 rings (SSSR count). The largest absolute Gasteiger partial charge is 0.396 e. The summed E-state index contributed by atoms with van der Waals surface area (Å²) in [6.45, 7) is 2.47. The number of rotatable bonds is 5. The highest BCUT2D eigenvalue weighted by Crippen LogP contribution is 2.65. The van der Waals surface area contributed by atoms with Crippen molar-refractivity contribution in [3.63, 3.8) is 0 Å². The van der Waals surface area contributed by atoms with Crippen molar-refractivity contribution >= 4 is 11.5 Å². The third kappa shape index (κ3) is 3.61. The molecule has 5 atom stereocenters. The van der Waals surface area contributed by atoms with Gasteiger partial charge in [-0.15, -0.1) is 0 Å². The van der Waals surface area contributed by atoms with E-state index in [9.17, 15) is 15.0 Å². The Kier molecular flexibility index (Phi) is 5.81. The van der Waals surface area contributed by atoms with Crippen LogP contribution < -0.4 is 4.90 Å². The number of carbonyl (C=O) groups is 1. The summed E-state index contributed by atoms with van der Waals surface area (Å²) in [5.41, 5.74) is 6.00. The Hall–Kier alpha value is -1.91. The molecule has 2 N–H and O–H groups in total. The number of nitrogens with zero attached hydrogens (tertiary/aromatic N) is 1. The molecule has 4 nitrogen and oxygen atoms in total. The number of aliphatic hydroxyl groups excluding tert-OH is 1. The van der Waals surface area contributed by atoms with Crippen LogP contribution in [0.2, 0.25) is 0 Å². The number of carbonyl (C=O) groups excluding carboxylic acids is 1. The summed E-state index contributed by atoms with van der Waals surface area (Å²) >= 11 is 0. The maximum absolute atomic E-state index is 12.7. The minimum absolute atomic E-state index is 0.0779. The Morgan fingerprint density at radius 1 is 1.09 bits per heavy atom. The first-order valence-electron chi connectivity index (χ1n) is 12.8. The number of hydrogen-bond donors (Lipinski definition) is 2. The van der Waals surface area contributed by atoms with Crippen LogP contribution in [0.15, 0.2) is 47.1 Å². The Balaban J connectivity index is 1.53. The summed E-state index contributed by atoms with van der Waals surface area (Å²) in [4.78, 5) is 14.8. The lowest BCUT2D eigenvalue weighted by molar-refractivity contribution is -0.115. The van der Waals surface area contributed by atoms with Crippen molar-refractivity contribution in [2.45, 2.75) is 76.2 Å². The van der Waals surface area contributed by atoms with Crippen LogP contribution in [0.3, 0.4) is 0 Å². The lowest BCUT2D eigenvalue weighted by Gasteiger charge is -2.52. The molecule has 1 aromatic rings. The zero-order valence-electron chi connectivity index (χ0n) is 20.4. The van der Waals surface area contributed by atoms with Gasteiger partial charge in [0.25, 0.3) is 0 Å². The van der Waals surface area contributed by atoms with E-state index < -0.39 is 5.60 Å². The van der Waals surface area contributed by atoms with E-state index in [0.717, 1.165) is 38.5 Å². The van der Waals surface area contributed by atoms with Gasteiger partial charge in [0, 0.05) is 38.7 Å². The molecule has 0 saturated heterocycles. The van der Waals surface area contributed by atoms with Gasteiger partial charge in [0.1, 0.15) is 0 Å². The predicted octanol–water partition coefficient (Wildman–Crippen LogP) is 5.16. The van der Waals surface area contributed by atoms with E-state index >= 15 is 0 Å². The van der Waals surface area contributed by atoms with Crippen LogP contribution >= 0.6 is 0 Å². The summed E-state index contributed by atoms with van der Waals surface area (Å²) in [6.07, 6.45) is 9.90. The number of hydrogen-bond acceptors (Lipinski definition) is 4. The highest BCUT2D eigenvalue weighted by atomic mass is 16.3. The van der Waals surface area contributed by atoms with E-state index in [1.807, 2.05) is 6.08 Å². The molecule has 4 aliphatic rings. The summed E-state index contributed by atoms with van der Waals surface area (Å²) in [5, 5.41) is 21.0. The van der Waals surface area contributed by atoms with Crippen molar-refractivity contribution in [2.75, 3.05) is 25.6 Å². The quantitative estimate of drug-likeness (QED) is 0.652. The molecule has 0 amide bonds. The Morgan fingerprint density at radius 2 is 1.85 bits per heavy atom. The van der Waals surface area contributed by atoms with Gasteiger partial charge >= 0.3 is 0 Å². The number of anilines is 1. The summed E-state index contributed by atoms with van der Waals surface area (Å²) in [7, 11) is 4.11. The third-order valence-electron chi connectivity index (χ3n) is 9.66. The van der Waals surface area contributed by atoms with Crippen LogP contribution in [-0.2, 0) is 4.79 Å². The fourth-order valence-electron chi connectivity index (χ4n) is 7.82. The maximum Gasteiger partial charge on any atom is 0.156 e. The number of ketones is 1. The van der Waals surface area contributed by atoms with Gasteiger partial charge in [-0.2, -0.15) is 0 Å². The monoisotopic (exact) mass is 449 g/mol. The molecule has 0 spiro atoms. The van der Waals surface area contributed by atoms with E-state index in [2.05, 4.69) is 50.2 Å². The minimum atomic E-state index is -0.656. The van der Waals surface area contributed by atoms with Crippen LogP contribution in [-0.4, -0.2) is 42.3 Å². The van der Waals surface area contributed by atoms with Crippen molar-refractivity contribution in [1.29, 1.82) is 0 Å². The first-order valence-corrected chi connectivity index (χ1v) is 12.8. The molecule has 0 aromatic heterocycles. The van der Waals surface area contributed by atoms with E-state index in [-0.39, 0.29) is 23.7 Å². The molecule has 0 unspecified atom stereocenters. The number of aliphatic hydroxyl groups is 2. The average Bonchev–Trinajstić information content (AvgIpc) is 3.07. The van der Waals surface area contributed by atoms with Crippen LogP contribution in [0.5, 0.6) is 0 Å². The number of fused-ring (bicyclic) bond motifs is 4. The lowest BCUT2D eigenvalue weighted by atomic mass is 9.53. The molecule has 4 heteroatoms. The second kappa shape index (κ2) is 8.39. The number of allylic oxidation sites excluding steroid dienone is 4. The molecule has 1 aromatic carbocycles. The van der Waals surface area contributed by atoms with Gasteiger partial charge in [0.05, 0.1) is 5.60 Å². The van der Waals surface area contributed by atoms with Crippen molar-refractivity contribution in [3.8, 4) is 0 Å². The highest BCUT2D eigenvalue weighted by molar-refractivity contribution is 5.94. The first-order chi connectivity index (χ1) is 15.8. The van der Waals surface area contributed by atoms with E-state index in [1.165, 1.54) is 22.4 Å². The van der Waals surface area contributed by atoms with Gasteiger partial charge in [-0.05, 0) is 104 Å². The molecular weight excluding hydrogens is 410 g/mol. The van der Waals surface area contributed by atoms with Gasteiger partial charge < -0.3 is 15.1 Å². The standard InChI is InChI=1S/C29H39NO3/c1-28-14-11-24-23(26(28)12-15-29(28,33)13-4-16-31)10-7-20-17-22(32)18-25(27(20)24)19-5-8-21(9-6-19)30(2)3/h5-6,8-9,17,23,25-26,31,33H,4,7,10-16,18H2,1-3H3/t23-,25+,26+,28-,29-/m1/s1. The Morgan fingerprint density at radius 3 is 2.55 bits per heavy atom. The Bertz CT molecular complexity index is 991. The average molecular weight is 450 g/mol. The summed E-state index contributed by atoms with van der Waals surface area (Å²) in [6, 6.07) is 8.76. The summed E-state index contributed by atoms with van der Waals surface area (Å²) in [5.74, 6) is 1.42. The number of benzene rings is 1. The normalized spacial score (nSPS) is 35.6. The van der Waals surface area contributed by atoms with Gasteiger partial charge in [0.15, 0.2) is 5.78 Å². The molecule has 0 heterocycles.